The summed E-state index contributed by atoms with van der Waals surface area (Å²) in [7, 11) is 3.30. The molecule has 2 aliphatic heterocycles. The molecule has 0 aromatic carbocycles. The largest absolute Gasteiger partial charge is 0.457 e. The van der Waals surface area contributed by atoms with E-state index in [0.29, 0.717) is 18.3 Å². The second-order valence-corrected chi connectivity index (χ2v) is 11.8. The van der Waals surface area contributed by atoms with Gasteiger partial charge in [-0.2, -0.15) is 0 Å². The molecule has 0 amide bonds. The molecule has 8 heteroatoms. The van der Waals surface area contributed by atoms with E-state index in [4.69, 9.17) is 23.7 Å². The molecule has 2 heterocycles. The summed E-state index contributed by atoms with van der Waals surface area (Å²) in [6.45, 7) is 13.3. The Kier molecular flexibility index (Phi) is 13.6. The Morgan fingerprint density at radius 1 is 1.25 bits per heavy atom. The first-order valence-corrected chi connectivity index (χ1v) is 14.7. The number of cyclic esters (lactones) is 1. The number of carbonyl (C=O) groups excluding carboxylic acids is 2. The first-order chi connectivity index (χ1) is 18.8. The van der Waals surface area contributed by atoms with E-state index < -0.39 is 29.9 Å². The molecule has 8 nitrogen and oxygen atoms in total. The molecular formula is C32H52O8. The Hall–Kier alpha value is -2.00. The van der Waals surface area contributed by atoms with Gasteiger partial charge in [0.05, 0.1) is 30.8 Å². The van der Waals surface area contributed by atoms with E-state index in [2.05, 4.69) is 26.8 Å². The molecule has 0 bridgehead atoms. The lowest BCUT2D eigenvalue weighted by atomic mass is 9.88. The van der Waals surface area contributed by atoms with Gasteiger partial charge in [0, 0.05) is 33.0 Å². The lowest BCUT2D eigenvalue weighted by molar-refractivity contribution is -0.157. The summed E-state index contributed by atoms with van der Waals surface area (Å²) in [5.41, 5.74) is -0.430. The molecule has 228 valence electrons. The van der Waals surface area contributed by atoms with Crippen LogP contribution in [0, 0.1) is 17.8 Å². The molecule has 2 aliphatic rings. The standard InChI is InChI=1S/C32H52O8/c1-10-26(37-9)23(5)31-27(39-31)18-20(2)12-11-13-21(3)30-22(4)14-15-28(38-24(6)33)32(7,35)17-16-25(36-8)19-29(34)40-30/h11-15,20,22-23,25-28,30-31,35H,10,16-19H2,1-9H3. The fourth-order valence-corrected chi connectivity index (χ4v) is 5.53. The Morgan fingerprint density at radius 2 is 1.95 bits per heavy atom. The lowest BCUT2D eigenvalue weighted by Gasteiger charge is -2.33. The van der Waals surface area contributed by atoms with Crippen molar-refractivity contribution in [3.63, 3.8) is 0 Å². The van der Waals surface area contributed by atoms with Crippen LogP contribution < -0.4 is 0 Å². The molecule has 0 spiro atoms. The van der Waals surface area contributed by atoms with Crippen molar-refractivity contribution >= 4 is 11.9 Å². The Bertz CT molecular complexity index is 903. The molecule has 10 unspecified atom stereocenters. The topological polar surface area (TPSA) is 104 Å². The first-order valence-electron chi connectivity index (χ1n) is 14.7. The number of methoxy groups -OCH3 is 2. The third-order valence-electron chi connectivity index (χ3n) is 8.21. The highest BCUT2D eigenvalue weighted by atomic mass is 16.6. The molecule has 0 aromatic rings. The molecule has 10 atom stereocenters. The minimum atomic E-state index is -1.32. The number of rotatable bonds is 11. The van der Waals surface area contributed by atoms with E-state index in [-0.39, 0.29) is 43.0 Å². The van der Waals surface area contributed by atoms with Crippen molar-refractivity contribution in [2.45, 2.75) is 123 Å². The zero-order chi connectivity index (χ0) is 30.0. The highest BCUT2D eigenvalue weighted by Crippen LogP contribution is 2.37. The summed E-state index contributed by atoms with van der Waals surface area (Å²) >= 11 is 0. The molecule has 0 saturated carbocycles. The summed E-state index contributed by atoms with van der Waals surface area (Å²) in [6.07, 6.45) is 11.3. The molecule has 1 N–H and O–H groups in total. The van der Waals surface area contributed by atoms with Crippen molar-refractivity contribution in [2.24, 2.45) is 17.8 Å². The predicted octanol–water partition coefficient (Wildman–Crippen LogP) is 5.33. The van der Waals surface area contributed by atoms with E-state index in [1.807, 2.05) is 32.1 Å². The number of carbonyl (C=O) groups is 2. The van der Waals surface area contributed by atoms with Gasteiger partial charge in [-0.1, -0.05) is 52.0 Å². The van der Waals surface area contributed by atoms with E-state index >= 15 is 0 Å². The number of esters is 2. The number of hydrogen-bond donors (Lipinski definition) is 1. The summed E-state index contributed by atoms with van der Waals surface area (Å²) in [6, 6.07) is 0. The van der Waals surface area contributed by atoms with Crippen molar-refractivity contribution in [3.05, 3.63) is 36.0 Å². The monoisotopic (exact) mass is 564 g/mol. The first kappa shape index (κ1) is 34.2. The van der Waals surface area contributed by atoms with Gasteiger partial charge in [0.25, 0.3) is 0 Å². The predicted molar refractivity (Wildman–Crippen MR) is 155 cm³/mol. The average Bonchev–Trinajstić information content (AvgIpc) is 3.65. The van der Waals surface area contributed by atoms with Crippen LogP contribution in [0.15, 0.2) is 36.0 Å². The second-order valence-electron chi connectivity index (χ2n) is 11.8. The van der Waals surface area contributed by atoms with Gasteiger partial charge in [-0.25, -0.2) is 0 Å². The number of epoxide rings is 1. The summed E-state index contributed by atoms with van der Waals surface area (Å²) in [5.74, 6) is -0.372. The van der Waals surface area contributed by atoms with Crippen molar-refractivity contribution < 1.29 is 38.4 Å². The minimum Gasteiger partial charge on any atom is -0.457 e. The summed E-state index contributed by atoms with van der Waals surface area (Å²) in [5, 5.41) is 11.1. The van der Waals surface area contributed by atoms with E-state index in [9.17, 15) is 14.7 Å². The maximum absolute atomic E-state index is 12.9. The molecule has 0 aromatic heterocycles. The van der Waals surface area contributed by atoms with Gasteiger partial charge in [-0.05, 0) is 57.1 Å². The highest BCUT2D eigenvalue weighted by molar-refractivity contribution is 5.70. The molecule has 0 radical (unpaired) electrons. The van der Waals surface area contributed by atoms with Crippen LogP contribution in [0.3, 0.4) is 0 Å². The van der Waals surface area contributed by atoms with Crippen LogP contribution >= 0.6 is 0 Å². The van der Waals surface area contributed by atoms with Crippen LogP contribution in [0.4, 0.5) is 0 Å². The van der Waals surface area contributed by atoms with Crippen molar-refractivity contribution in [3.8, 4) is 0 Å². The zero-order valence-electron chi connectivity index (χ0n) is 25.9. The SMILES string of the molecule is CCC(OC)C(C)C1OC1CC(C)C=CC=C(C)C1OC(=O)CC(OC)CCC(C)(O)C(OC(C)=O)C=CC1C. The third-order valence-corrected chi connectivity index (χ3v) is 8.21. The van der Waals surface area contributed by atoms with E-state index in [1.165, 1.54) is 14.0 Å². The third kappa shape index (κ3) is 10.4. The number of aliphatic hydroxyl groups is 1. The zero-order valence-corrected chi connectivity index (χ0v) is 25.9. The summed E-state index contributed by atoms with van der Waals surface area (Å²) < 4.78 is 28.4. The van der Waals surface area contributed by atoms with Gasteiger partial charge in [-0.15, -0.1) is 0 Å². The quantitative estimate of drug-likeness (QED) is 0.155. The number of ether oxygens (including phenoxy) is 5. The molecule has 2 rings (SSSR count). The van der Waals surface area contributed by atoms with Crippen LogP contribution in [-0.2, 0) is 33.3 Å². The number of allylic oxidation sites excluding steroid dienone is 3. The fourth-order valence-electron chi connectivity index (χ4n) is 5.53. The Balaban J connectivity index is 2.14. The van der Waals surface area contributed by atoms with E-state index in [0.717, 1.165) is 18.4 Å². The van der Waals surface area contributed by atoms with Gasteiger partial charge in [-0.3, -0.25) is 9.59 Å². The van der Waals surface area contributed by atoms with Gasteiger partial charge in [0.2, 0.25) is 0 Å². The van der Waals surface area contributed by atoms with Gasteiger partial charge in [0.15, 0.2) is 0 Å². The highest BCUT2D eigenvalue weighted by Gasteiger charge is 2.45. The maximum Gasteiger partial charge on any atom is 0.309 e. The maximum atomic E-state index is 12.9. The molecule has 40 heavy (non-hydrogen) atoms. The van der Waals surface area contributed by atoms with Crippen molar-refractivity contribution in [2.75, 3.05) is 14.2 Å². The second kappa shape index (κ2) is 15.9. The normalized spacial score (nSPS) is 34.4. The Labute approximate surface area is 241 Å². The molecule has 0 aliphatic carbocycles. The molecule has 1 fully saturated rings. The van der Waals surface area contributed by atoms with Crippen LogP contribution in [0.25, 0.3) is 0 Å². The van der Waals surface area contributed by atoms with E-state index in [1.54, 1.807) is 20.1 Å². The van der Waals surface area contributed by atoms with Crippen LogP contribution in [-0.4, -0.2) is 73.5 Å². The Morgan fingerprint density at radius 3 is 2.55 bits per heavy atom. The lowest BCUT2D eigenvalue weighted by Crippen LogP contribution is -2.42. The van der Waals surface area contributed by atoms with Crippen LogP contribution in [0.5, 0.6) is 0 Å². The van der Waals surface area contributed by atoms with Gasteiger partial charge < -0.3 is 28.8 Å². The van der Waals surface area contributed by atoms with Gasteiger partial charge >= 0.3 is 11.9 Å². The fraction of sp³-hybridized carbons (Fsp3) is 0.750. The average molecular weight is 565 g/mol. The van der Waals surface area contributed by atoms with Crippen LogP contribution in [0.1, 0.15) is 80.6 Å². The van der Waals surface area contributed by atoms with Crippen molar-refractivity contribution in [1.29, 1.82) is 0 Å². The summed E-state index contributed by atoms with van der Waals surface area (Å²) in [4.78, 5) is 24.6. The minimum absolute atomic E-state index is 0.0703. The van der Waals surface area contributed by atoms with Gasteiger partial charge in [0.1, 0.15) is 17.8 Å². The molecular weight excluding hydrogens is 512 g/mol. The van der Waals surface area contributed by atoms with Crippen molar-refractivity contribution in [1.82, 2.24) is 0 Å². The van der Waals surface area contributed by atoms with Crippen LogP contribution in [0.2, 0.25) is 0 Å². The number of hydrogen-bond acceptors (Lipinski definition) is 8. The molecule has 1 saturated heterocycles. The smallest absolute Gasteiger partial charge is 0.309 e.